The molecular weight excluding hydrogens is 444 g/mol. The number of carbonyl (C=O) groups is 1. The highest BCUT2D eigenvalue weighted by atomic mass is 16.5. The van der Waals surface area contributed by atoms with Gasteiger partial charge in [0.15, 0.2) is 0 Å². The lowest BCUT2D eigenvalue weighted by molar-refractivity contribution is -0.117. The van der Waals surface area contributed by atoms with Crippen LogP contribution >= 0.6 is 0 Å². The normalized spacial score (nSPS) is 15.6. The third-order valence-corrected chi connectivity index (χ3v) is 6.44. The predicted molar refractivity (Wildman–Crippen MR) is 133 cm³/mol. The van der Waals surface area contributed by atoms with Gasteiger partial charge in [-0.05, 0) is 43.1 Å². The van der Waals surface area contributed by atoms with Crippen molar-refractivity contribution in [1.29, 1.82) is 0 Å². The number of pyridine rings is 1. The molecule has 1 amide bonds. The Labute approximate surface area is 204 Å². The SMILES string of the molecule is COCCOc1nc(N)c2c(n1)N(Cc1ccc(-c3ccc(CN4CCCC4)nc3)cc1)C(=O)C2. The molecule has 2 aliphatic rings. The minimum atomic E-state index is -0.0584. The fourth-order valence-electron chi connectivity index (χ4n) is 4.51. The molecule has 35 heavy (non-hydrogen) atoms. The van der Waals surface area contributed by atoms with Crippen LogP contribution in [-0.4, -0.2) is 59.2 Å². The maximum atomic E-state index is 12.7. The molecule has 1 aromatic carbocycles. The Morgan fingerprint density at radius 1 is 0.971 bits per heavy atom. The first-order valence-corrected chi connectivity index (χ1v) is 12.0. The molecule has 0 aliphatic carbocycles. The minimum absolute atomic E-state index is 0.0584. The van der Waals surface area contributed by atoms with Gasteiger partial charge in [-0.3, -0.25) is 19.6 Å². The molecule has 9 heteroatoms. The number of likely N-dealkylation sites (tertiary alicyclic amines) is 1. The molecule has 1 saturated heterocycles. The zero-order valence-electron chi connectivity index (χ0n) is 19.9. The summed E-state index contributed by atoms with van der Waals surface area (Å²) in [5.74, 6) is 0.725. The van der Waals surface area contributed by atoms with Crippen LogP contribution in [-0.2, 0) is 29.0 Å². The summed E-state index contributed by atoms with van der Waals surface area (Å²) in [6, 6.07) is 12.5. The van der Waals surface area contributed by atoms with Gasteiger partial charge < -0.3 is 15.2 Å². The summed E-state index contributed by atoms with van der Waals surface area (Å²) in [6.45, 7) is 4.35. The smallest absolute Gasteiger partial charge is 0.320 e. The monoisotopic (exact) mass is 474 g/mol. The van der Waals surface area contributed by atoms with Crippen LogP contribution < -0.4 is 15.4 Å². The predicted octanol–water partition coefficient (Wildman–Crippen LogP) is 2.83. The molecule has 5 rings (SSSR count). The van der Waals surface area contributed by atoms with Crippen LogP contribution in [0.3, 0.4) is 0 Å². The van der Waals surface area contributed by atoms with E-state index < -0.39 is 0 Å². The van der Waals surface area contributed by atoms with Crippen molar-refractivity contribution >= 4 is 17.5 Å². The van der Waals surface area contributed by atoms with Gasteiger partial charge in [0.05, 0.1) is 25.3 Å². The fourth-order valence-corrected chi connectivity index (χ4v) is 4.51. The first kappa shape index (κ1) is 23.2. The lowest BCUT2D eigenvalue weighted by Gasteiger charge is -2.17. The van der Waals surface area contributed by atoms with E-state index in [1.54, 1.807) is 12.0 Å². The molecule has 2 aliphatic heterocycles. The van der Waals surface area contributed by atoms with E-state index in [1.165, 1.54) is 12.8 Å². The molecule has 0 radical (unpaired) electrons. The van der Waals surface area contributed by atoms with E-state index in [-0.39, 0.29) is 24.2 Å². The number of benzene rings is 1. The average molecular weight is 475 g/mol. The third-order valence-electron chi connectivity index (χ3n) is 6.44. The lowest BCUT2D eigenvalue weighted by Crippen LogP contribution is -2.26. The van der Waals surface area contributed by atoms with Gasteiger partial charge in [-0.2, -0.15) is 9.97 Å². The summed E-state index contributed by atoms with van der Waals surface area (Å²) in [6.07, 6.45) is 4.68. The van der Waals surface area contributed by atoms with E-state index in [9.17, 15) is 4.79 Å². The first-order valence-electron chi connectivity index (χ1n) is 12.0. The number of rotatable bonds is 9. The Bertz CT molecular complexity index is 1180. The zero-order valence-corrected chi connectivity index (χ0v) is 19.9. The van der Waals surface area contributed by atoms with E-state index in [0.29, 0.717) is 31.1 Å². The largest absolute Gasteiger partial charge is 0.461 e. The van der Waals surface area contributed by atoms with E-state index in [4.69, 9.17) is 15.2 Å². The molecule has 9 nitrogen and oxygen atoms in total. The van der Waals surface area contributed by atoms with Crippen molar-refractivity contribution < 1.29 is 14.3 Å². The van der Waals surface area contributed by atoms with Gasteiger partial charge in [-0.15, -0.1) is 0 Å². The van der Waals surface area contributed by atoms with Crippen molar-refractivity contribution in [2.24, 2.45) is 0 Å². The van der Waals surface area contributed by atoms with E-state index in [2.05, 4.69) is 44.1 Å². The quantitative estimate of drug-likeness (QED) is 0.472. The molecule has 0 saturated carbocycles. The number of fused-ring (bicyclic) bond motifs is 1. The number of nitrogens with two attached hydrogens (primary N) is 1. The van der Waals surface area contributed by atoms with Crippen LogP contribution in [0, 0.1) is 0 Å². The highest BCUT2D eigenvalue weighted by Crippen LogP contribution is 2.33. The number of carbonyl (C=O) groups excluding carboxylic acids is 1. The number of amides is 1. The molecule has 0 spiro atoms. The van der Waals surface area contributed by atoms with E-state index in [0.717, 1.165) is 42.0 Å². The summed E-state index contributed by atoms with van der Waals surface area (Å²) < 4.78 is 10.5. The third kappa shape index (κ3) is 5.26. The van der Waals surface area contributed by atoms with Gasteiger partial charge in [-0.25, -0.2) is 0 Å². The molecule has 0 bridgehead atoms. The second-order valence-electron chi connectivity index (χ2n) is 8.91. The van der Waals surface area contributed by atoms with Gasteiger partial charge >= 0.3 is 6.01 Å². The zero-order chi connectivity index (χ0) is 24.2. The van der Waals surface area contributed by atoms with Gasteiger partial charge in [0, 0.05) is 31.0 Å². The van der Waals surface area contributed by atoms with Gasteiger partial charge in [0.25, 0.3) is 0 Å². The number of hydrogen-bond acceptors (Lipinski definition) is 8. The Morgan fingerprint density at radius 3 is 2.46 bits per heavy atom. The second-order valence-corrected chi connectivity index (χ2v) is 8.91. The van der Waals surface area contributed by atoms with Crippen molar-refractivity contribution in [3.8, 4) is 17.1 Å². The van der Waals surface area contributed by atoms with Crippen LogP contribution in [0.5, 0.6) is 6.01 Å². The number of ether oxygens (including phenoxy) is 2. The van der Waals surface area contributed by atoms with Crippen LogP contribution in [0.2, 0.25) is 0 Å². The van der Waals surface area contributed by atoms with Gasteiger partial charge in [0.1, 0.15) is 18.2 Å². The Morgan fingerprint density at radius 2 is 1.74 bits per heavy atom. The van der Waals surface area contributed by atoms with Gasteiger partial charge in [0.2, 0.25) is 5.91 Å². The summed E-state index contributed by atoms with van der Waals surface area (Å²) in [7, 11) is 1.59. The van der Waals surface area contributed by atoms with Crippen LogP contribution in [0.4, 0.5) is 11.6 Å². The topological polar surface area (TPSA) is 107 Å². The number of aromatic nitrogens is 3. The molecule has 0 atom stereocenters. The highest BCUT2D eigenvalue weighted by molar-refractivity contribution is 6.01. The number of nitrogens with zero attached hydrogens (tertiary/aromatic N) is 5. The van der Waals surface area contributed by atoms with Crippen molar-refractivity contribution in [1.82, 2.24) is 19.9 Å². The Balaban J connectivity index is 1.27. The maximum Gasteiger partial charge on any atom is 0.320 e. The molecule has 4 heterocycles. The number of hydrogen-bond donors (Lipinski definition) is 1. The Hall–Kier alpha value is -3.56. The molecule has 182 valence electrons. The van der Waals surface area contributed by atoms with E-state index >= 15 is 0 Å². The summed E-state index contributed by atoms with van der Waals surface area (Å²) in [5, 5.41) is 0. The number of nitrogen functional groups attached to an aromatic ring is 1. The Kier molecular flexibility index (Phi) is 6.87. The molecule has 1 fully saturated rings. The van der Waals surface area contributed by atoms with Gasteiger partial charge in [-0.1, -0.05) is 30.3 Å². The average Bonchev–Trinajstić information content (AvgIpc) is 3.49. The molecule has 2 aromatic heterocycles. The molecule has 0 unspecified atom stereocenters. The number of anilines is 2. The first-order chi connectivity index (χ1) is 17.1. The summed E-state index contributed by atoms with van der Waals surface area (Å²) >= 11 is 0. The van der Waals surface area contributed by atoms with Crippen molar-refractivity contribution in [3.63, 3.8) is 0 Å². The van der Waals surface area contributed by atoms with Crippen molar-refractivity contribution in [3.05, 3.63) is 59.4 Å². The summed E-state index contributed by atoms with van der Waals surface area (Å²) in [4.78, 5) is 30.1. The minimum Gasteiger partial charge on any atom is -0.461 e. The number of methoxy groups -OCH3 is 1. The van der Waals surface area contributed by atoms with Crippen LogP contribution in [0.25, 0.3) is 11.1 Å². The van der Waals surface area contributed by atoms with Crippen LogP contribution in [0.15, 0.2) is 42.6 Å². The molecule has 3 aromatic rings. The fraction of sp³-hybridized carbons (Fsp3) is 0.385. The van der Waals surface area contributed by atoms with Crippen molar-refractivity contribution in [2.45, 2.75) is 32.4 Å². The summed E-state index contributed by atoms with van der Waals surface area (Å²) in [5.41, 5.74) is 11.0. The lowest BCUT2D eigenvalue weighted by atomic mass is 10.0. The van der Waals surface area contributed by atoms with Crippen molar-refractivity contribution in [2.75, 3.05) is 44.0 Å². The van der Waals surface area contributed by atoms with Crippen LogP contribution in [0.1, 0.15) is 29.7 Å². The highest BCUT2D eigenvalue weighted by Gasteiger charge is 2.32. The second kappa shape index (κ2) is 10.4. The molecular formula is C26H30N6O3. The van der Waals surface area contributed by atoms with E-state index in [1.807, 2.05) is 18.3 Å². The standard InChI is InChI=1S/C26H30N6O3/c1-34-12-13-35-26-29-24(27)22-14-23(33)32(25(22)30-26)16-18-4-6-19(7-5-18)20-8-9-21(28-15-20)17-31-10-2-3-11-31/h4-9,15H,2-3,10-14,16-17H2,1H3,(H2,27,29,30). The molecule has 2 N–H and O–H groups in total. The maximum absolute atomic E-state index is 12.7.